The van der Waals surface area contributed by atoms with Crippen molar-refractivity contribution in [2.24, 2.45) is 0 Å². The second-order valence-corrected chi connectivity index (χ2v) is 20.5. The molecule has 2 aliphatic rings. The first-order chi connectivity index (χ1) is 31.9. The fourth-order valence-corrected chi connectivity index (χ4v) is 9.57. The van der Waals surface area contributed by atoms with Crippen molar-refractivity contribution in [3.63, 3.8) is 0 Å². The molecule has 8 aromatic rings. The summed E-state index contributed by atoms with van der Waals surface area (Å²) in [6.45, 7) is 7.79. The minimum atomic E-state index is -3.40. The summed E-state index contributed by atoms with van der Waals surface area (Å²) >= 11 is 0. The molecule has 2 saturated heterocycles. The molecule has 2 aliphatic heterocycles. The Balaban J connectivity index is 1.13. The fourth-order valence-electron chi connectivity index (χ4n) is 8.31. The molecule has 0 spiro atoms. The van der Waals surface area contributed by atoms with Gasteiger partial charge in [0.05, 0.1) is 59.0 Å². The van der Waals surface area contributed by atoms with Gasteiger partial charge in [0.2, 0.25) is 0 Å². The number of nitrogens with zero attached hydrogens (tertiary/aromatic N) is 10. The maximum absolute atomic E-state index is 12.3. The molecule has 6 heterocycles. The standard InChI is InChI=1S/C48H48N10O6S2/c1-65(59,60)41-21-13-37(14-22-41)43-5-3-7-45-49-47(51-55(43)45)57(39-17-9-35(10-18-39)33-53-25-29-63-30-26-53)58(40-19-11-36(12-20-40)34-54-27-31-64-32-28-54)48-50-46-8-4-6-44(56(46)52-48)38-15-23-42(24-16-38)66(2,61)62/h3-24H,25-34H2,1-2H3. The summed E-state index contributed by atoms with van der Waals surface area (Å²) < 4.78 is 64.1. The molecule has 0 atom stereocenters. The Labute approximate surface area is 383 Å². The number of benzene rings is 4. The smallest absolute Gasteiger partial charge is 0.269 e. The van der Waals surface area contributed by atoms with Crippen LogP contribution in [0.4, 0.5) is 23.3 Å². The first-order valence-corrected chi connectivity index (χ1v) is 25.4. The number of ether oxygens (including phenoxy) is 2. The highest BCUT2D eigenvalue weighted by Crippen LogP contribution is 2.36. The number of fused-ring (bicyclic) bond motifs is 2. The largest absolute Gasteiger partial charge is 0.379 e. The second kappa shape index (κ2) is 18.0. The zero-order valence-corrected chi connectivity index (χ0v) is 38.1. The Hall–Kier alpha value is -6.54. The number of sulfone groups is 2. The van der Waals surface area contributed by atoms with Gasteiger partial charge in [0, 0.05) is 62.9 Å². The molecule has 18 heteroatoms. The summed E-state index contributed by atoms with van der Waals surface area (Å²) in [6.07, 6.45) is 2.38. The van der Waals surface area contributed by atoms with Crippen molar-refractivity contribution in [1.29, 1.82) is 0 Å². The van der Waals surface area contributed by atoms with E-state index >= 15 is 0 Å². The molecule has 338 valence electrons. The highest BCUT2D eigenvalue weighted by atomic mass is 32.2. The van der Waals surface area contributed by atoms with E-state index in [0.717, 1.165) is 72.9 Å². The van der Waals surface area contributed by atoms with Gasteiger partial charge in [-0.25, -0.2) is 35.9 Å². The van der Waals surface area contributed by atoms with Crippen LogP contribution in [0, 0.1) is 0 Å². The van der Waals surface area contributed by atoms with E-state index in [1.807, 2.05) is 46.4 Å². The van der Waals surface area contributed by atoms with E-state index in [1.165, 1.54) is 12.5 Å². The van der Waals surface area contributed by atoms with Crippen molar-refractivity contribution in [3.8, 4) is 22.5 Å². The normalized spacial score (nSPS) is 15.4. The molecule has 0 radical (unpaired) electrons. The Morgan fingerprint density at radius 2 is 0.848 bits per heavy atom. The molecule has 66 heavy (non-hydrogen) atoms. The number of hydrogen-bond acceptors (Lipinski definition) is 14. The van der Waals surface area contributed by atoms with Crippen LogP contribution in [-0.4, -0.2) is 121 Å². The van der Waals surface area contributed by atoms with Gasteiger partial charge in [0.1, 0.15) is 0 Å². The van der Waals surface area contributed by atoms with Gasteiger partial charge in [0.25, 0.3) is 11.9 Å². The van der Waals surface area contributed by atoms with Crippen LogP contribution in [0.5, 0.6) is 0 Å². The van der Waals surface area contributed by atoms with Crippen LogP contribution in [0.3, 0.4) is 0 Å². The van der Waals surface area contributed by atoms with Crippen LogP contribution in [-0.2, 0) is 42.2 Å². The van der Waals surface area contributed by atoms with Crippen LogP contribution in [0.25, 0.3) is 33.8 Å². The summed E-state index contributed by atoms with van der Waals surface area (Å²) in [7, 11) is -6.80. The van der Waals surface area contributed by atoms with Crippen LogP contribution in [0.2, 0.25) is 0 Å². The van der Waals surface area contributed by atoms with E-state index in [-0.39, 0.29) is 9.79 Å². The lowest BCUT2D eigenvalue weighted by Crippen LogP contribution is -2.38. The molecule has 10 rings (SSSR count). The SMILES string of the molecule is CS(=O)(=O)c1ccc(-c2cccc3nc(N(c4ccc(CN5CCOCC5)cc4)N(c4ccc(CN5CCOCC5)cc4)c4nc5cccc(-c6ccc(S(C)(=O)=O)cc6)n5n4)nn23)cc1. The minimum absolute atomic E-state index is 0.224. The number of hydrogen-bond donors (Lipinski definition) is 0. The third kappa shape index (κ3) is 9.15. The number of pyridine rings is 2. The Bertz CT molecular complexity index is 3000. The lowest BCUT2D eigenvalue weighted by atomic mass is 10.1. The highest BCUT2D eigenvalue weighted by Gasteiger charge is 2.30. The zero-order valence-electron chi connectivity index (χ0n) is 36.5. The van der Waals surface area contributed by atoms with Gasteiger partial charge in [-0.1, -0.05) is 60.7 Å². The van der Waals surface area contributed by atoms with E-state index in [2.05, 4.69) is 58.3 Å². The van der Waals surface area contributed by atoms with Crippen molar-refractivity contribution in [2.45, 2.75) is 22.9 Å². The molecule has 0 N–H and O–H groups in total. The van der Waals surface area contributed by atoms with Gasteiger partial charge in [0.15, 0.2) is 31.0 Å². The summed E-state index contributed by atoms with van der Waals surface area (Å²) in [5.41, 5.74) is 7.82. The molecule has 4 aromatic carbocycles. The number of anilines is 4. The maximum atomic E-state index is 12.3. The Morgan fingerprint density at radius 3 is 1.20 bits per heavy atom. The van der Waals surface area contributed by atoms with Gasteiger partial charge in [-0.15, -0.1) is 10.2 Å². The van der Waals surface area contributed by atoms with E-state index in [9.17, 15) is 16.8 Å². The molecule has 0 unspecified atom stereocenters. The van der Waals surface area contributed by atoms with Crippen molar-refractivity contribution < 1.29 is 26.3 Å². The van der Waals surface area contributed by atoms with E-state index < -0.39 is 19.7 Å². The predicted octanol–water partition coefficient (Wildman–Crippen LogP) is 6.47. The average molecular weight is 925 g/mol. The first kappa shape index (κ1) is 43.4. The molecule has 0 aliphatic carbocycles. The molecule has 0 saturated carbocycles. The van der Waals surface area contributed by atoms with E-state index in [4.69, 9.17) is 29.6 Å². The third-order valence-corrected chi connectivity index (χ3v) is 14.1. The quantitative estimate of drug-likeness (QED) is 0.116. The summed E-state index contributed by atoms with van der Waals surface area (Å²) in [6, 6.07) is 41.5. The van der Waals surface area contributed by atoms with Gasteiger partial charge in [-0.05, 0) is 83.9 Å². The topological polar surface area (TPSA) is 160 Å². The minimum Gasteiger partial charge on any atom is -0.379 e. The number of aromatic nitrogens is 6. The summed E-state index contributed by atoms with van der Waals surface area (Å²) in [4.78, 5) is 15.5. The van der Waals surface area contributed by atoms with Gasteiger partial charge in [-0.2, -0.15) is 9.97 Å². The van der Waals surface area contributed by atoms with Crippen LogP contribution >= 0.6 is 0 Å². The fraction of sp³-hybridized carbons (Fsp3) is 0.250. The van der Waals surface area contributed by atoms with Crippen LogP contribution < -0.4 is 10.0 Å². The van der Waals surface area contributed by atoms with Crippen LogP contribution in [0.1, 0.15) is 11.1 Å². The number of hydrazine groups is 1. The Morgan fingerprint density at radius 1 is 0.485 bits per heavy atom. The molecule has 4 aromatic heterocycles. The van der Waals surface area contributed by atoms with E-state index in [0.29, 0.717) is 61.0 Å². The van der Waals surface area contributed by atoms with Gasteiger partial charge >= 0.3 is 0 Å². The monoisotopic (exact) mass is 924 g/mol. The van der Waals surface area contributed by atoms with Gasteiger partial charge < -0.3 is 9.47 Å². The van der Waals surface area contributed by atoms with Crippen molar-refractivity contribution >= 4 is 54.2 Å². The van der Waals surface area contributed by atoms with E-state index in [1.54, 1.807) is 57.6 Å². The maximum Gasteiger partial charge on any atom is 0.269 e. The molecule has 0 amide bonds. The van der Waals surface area contributed by atoms with Gasteiger partial charge in [-0.3, -0.25) is 9.80 Å². The first-order valence-electron chi connectivity index (χ1n) is 21.7. The third-order valence-electron chi connectivity index (χ3n) is 11.8. The second-order valence-electron chi connectivity index (χ2n) is 16.5. The predicted molar refractivity (Wildman–Crippen MR) is 252 cm³/mol. The van der Waals surface area contributed by atoms with Crippen molar-refractivity contribution in [2.75, 3.05) is 75.1 Å². The molecule has 16 nitrogen and oxygen atoms in total. The molecular weight excluding hydrogens is 877 g/mol. The molecule has 2 fully saturated rings. The van der Waals surface area contributed by atoms with Crippen molar-refractivity contribution in [1.82, 2.24) is 39.0 Å². The zero-order chi connectivity index (χ0) is 45.4. The summed E-state index contributed by atoms with van der Waals surface area (Å²) in [5.74, 6) is 0.646. The lowest BCUT2D eigenvalue weighted by Gasteiger charge is -2.33. The number of morpholine rings is 2. The van der Waals surface area contributed by atoms with Crippen molar-refractivity contribution in [3.05, 3.63) is 145 Å². The molecule has 0 bridgehead atoms. The average Bonchev–Trinajstić information content (AvgIpc) is 3.97. The summed E-state index contributed by atoms with van der Waals surface area (Å²) in [5, 5.41) is 14.2. The number of rotatable bonds is 13. The molecular formula is C48H48N10O6S2. The lowest BCUT2D eigenvalue weighted by molar-refractivity contribution is 0.0341. The highest BCUT2D eigenvalue weighted by molar-refractivity contribution is 7.91. The van der Waals surface area contributed by atoms with Crippen LogP contribution in [0.15, 0.2) is 143 Å². The Kier molecular flexibility index (Phi) is 11.8.